The summed E-state index contributed by atoms with van der Waals surface area (Å²) in [4.78, 5) is 1.05. The van der Waals surface area contributed by atoms with E-state index in [1.165, 1.54) is 11.3 Å². The summed E-state index contributed by atoms with van der Waals surface area (Å²) in [5, 5.41) is 20.8. The van der Waals surface area contributed by atoms with Gasteiger partial charge in [0.2, 0.25) is 0 Å². The Kier molecular flexibility index (Phi) is 2.36. The van der Waals surface area contributed by atoms with Crippen LogP contribution >= 0.6 is 23.1 Å². The Morgan fingerprint density at radius 1 is 1.50 bits per heavy atom. The van der Waals surface area contributed by atoms with E-state index in [0.717, 1.165) is 9.60 Å². The quantitative estimate of drug-likeness (QED) is 0.752. The molecule has 0 amide bonds. The Morgan fingerprint density at radius 2 is 2.29 bits per heavy atom. The van der Waals surface area contributed by atoms with Crippen LogP contribution in [0.3, 0.4) is 0 Å². The van der Waals surface area contributed by atoms with Crippen molar-refractivity contribution < 1.29 is 5.11 Å². The largest absolute Gasteiger partial charge is 0.506 e. The number of nitriles is 1. The molecule has 1 aromatic carbocycles. The van der Waals surface area contributed by atoms with Gasteiger partial charge < -0.3 is 5.11 Å². The van der Waals surface area contributed by atoms with Gasteiger partial charge in [0.15, 0.2) is 0 Å². The molecule has 0 spiro atoms. The molecule has 1 N–H and O–H groups in total. The number of hydrogen-bond acceptors (Lipinski definition) is 4. The van der Waals surface area contributed by atoms with Gasteiger partial charge in [0.25, 0.3) is 0 Å². The second-order valence-electron chi connectivity index (χ2n) is 2.78. The average Bonchev–Trinajstić information content (AvgIpc) is 2.59. The number of fused-ring (bicyclic) bond motifs is 1. The molecule has 2 nitrogen and oxygen atoms in total. The Balaban J connectivity index is 2.84. The van der Waals surface area contributed by atoms with Gasteiger partial charge in [-0.15, -0.1) is 23.1 Å². The molecule has 2 rings (SSSR count). The Morgan fingerprint density at radius 3 is 2.93 bits per heavy atom. The number of hydrogen-bond donors (Lipinski definition) is 1. The van der Waals surface area contributed by atoms with E-state index >= 15 is 0 Å². The molecule has 0 fully saturated rings. The minimum absolute atomic E-state index is 0.203. The third-order valence-electron chi connectivity index (χ3n) is 1.99. The summed E-state index contributed by atoms with van der Waals surface area (Å²) in [6, 6.07) is 5.90. The van der Waals surface area contributed by atoms with E-state index < -0.39 is 0 Å². The maximum atomic E-state index is 9.54. The highest BCUT2D eigenvalue weighted by Gasteiger charge is 2.09. The molecule has 2 aromatic rings. The molecule has 0 aliphatic carbocycles. The number of aromatic hydroxyl groups is 1. The van der Waals surface area contributed by atoms with Crippen molar-refractivity contribution in [2.24, 2.45) is 0 Å². The fraction of sp³-hybridized carbons (Fsp3) is 0.100. The number of rotatable bonds is 1. The van der Waals surface area contributed by atoms with Crippen molar-refractivity contribution in [2.45, 2.75) is 4.90 Å². The first-order chi connectivity index (χ1) is 6.76. The molecule has 0 saturated carbocycles. The van der Waals surface area contributed by atoms with E-state index in [-0.39, 0.29) is 5.75 Å². The molecule has 0 atom stereocenters. The topological polar surface area (TPSA) is 44.0 Å². The van der Waals surface area contributed by atoms with Crippen molar-refractivity contribution in [2.75, 3.05) is 6.26 Å². The molecule has 0 saturated heterocycles. The van der Waals surface area contributed by atoms with E-state index in [1.807, 2.05) is 12.3 Å². The van der Waals surface area contributed by atoms with Gasteiger partial charge in [0, 0.05) is 15.0 Å². The molecule has 0 radical (unpaired) electrons. The smallest absolute Gasteiger partial charge is 0.135 e. The predicted molar refractivity (Wildman–Crippen MR) is 60.0 cm³/mol. The summed E-state index contributed by atoms with van der Waals surface area (Å²) >= 11 is 3.05. The zero-order valence-corrected chi connectivity index (χ0v) is 9.08. The molecule has 4 heteroatoms. The van der Waals surface area contributed by atoms with Crippen LogP contribution in [0.25, 0.3) is 10.1 Å². The van der Waals surface area contributed by atoms with E-state index in [9.17, 15) is 5.11 Å². The fourth-order valence-corrected chi connectivity index (χ4v) is 2.76. The van der Waals surface area contributed by atoms with Crippen LogP contribution in [0.2, 0.25) is 0 Å². The normalized spacial score (nSPS) is 10.3. The molecular weight excluding hydrogens is 214 g/mol. The first-order valence-electron chi connectivity index (χ1n) is 3.94. The lowest BCUT2D eigenvalue weighted by Gasteiger charge is -1.99. The third-order valence-corrected chi connectivity index (χ3v) is 3.61. The number of thioether (sulfide) groups is 1. The summed E-state index contributed by atoms with van der Waals surface area (Å²) in [5.74, 6) is 0.203. The standard InChI is InChI=1S/C10H7NOS2/c1-13-7-2-6(4-11)10-8(12)5-14-9(10)3-7/h2-3,5,12H,1H3. The van der Waals surface area contributed by atoms with Gasteiger partial charge in [0.05, 0.1) is 17.0 Å². The van der Waals surface area contributed by atoms with Gasteiger partial charge >= 0.3 is 0 Å². The molecule has 0 aliphatic heterocycles. The van der Waals surface area contributed by atoms with E-state index in [2.05, 4.69) is 6.07 Å². The number of nitrogens with zero attached hydrogens (tertiary/aromatic N) is 1. The minimum atomic E-state index is 0.203. The molecule has 14 heavy (non-hydrogen) atoms. The maximum absolute atomic E-state index is 9.54. The van der Waals surface area contributed by atoms with Crippen LogP contribution in [0.1, 0.15) is 5.56 Å². The number of thiophene rings is 1. The van der Waals surface area contributed by atoms with Crippen LogP contribution in [0, 0.1) is 11.3 Å². The fourth-order valence-electron chi connectivity index (χ4n) is 1.33. The Labute approximate surface area is 89.8 Å². The number of benzene rings is 1. The van der Waals surface area contributed by atoms with Crippen molar-refractivity contribution in [1.82, 2.24) is 0 Å². The first-order valence-corrected chi connectivity index (χ1v) is 6.05. The van der Waals surface area contributed by atoms with Crippen molar-refractivity contribution in [1.29, 1.82) is 5.26 Å². The summed E-state index contributed by atoms with van der Waals surface area (Å²) in [6.45, 7) is 0. The van der Waals surface area contributed by atoms with Crippen LogP contribution in [0.15, 0.2) is 22.4 Å². The highest BCUT2D eigenvalue weighted by Crippen LogP contribution is 2.36. The Bertz CT molecular complexity index is 525. The third kappa shape index (κ3) is 1.35. The summed E-state index contributed by atoms with van der Waals surface area (Å²) in [7, 11) is 0. The zero-order chi connectivity index (χ0) is 10.1. The van der Waals surface area contributed by atoms with E-state index in [4.69, 9.17) is 5.26 Å². The monoisotopic (exact) mass is 221 g/mol. The van der Waals surface area contributed by atoms with Crippen molar-refractivity contribution in [3.63, 3.8) is 0 Å². The van der Waals surface area contributed by atoms with Crippen LogP contribution in [-0.2, 0) is 0 Å². The second-order valence-corrected chi connectivity index (χ2v) is 4.57. The Hall–Kier alpha value is -1.18. The van der Waals surface area contributed by atoms with Gasteiger partial charge in [-0.25, -0.2) is 0 Å². The van der Waals surface area contributed by atoms with Gasteiger partial charge in [-0.3, -0.25) is 0 Å². The molecule has 0 aliphatic rings. The van der Waals surface area contributed by atoms with Gasteiger partial charge in [-0.05, 0) is 18.4 Å². The molecule has 1 aromatic heterocycles. The molecule has 1 heterocycles. The summed E-state index contributed by atoms with van der Waals surface area (Å²) < 4.78 is 0.964. The highest BCUT2D eigenvalue weighted by atomic mass is 32.2. The molecule has 0 unspecified atom stereocenters. The lowest BCUT2D eigenvalue weighted by atomic mass is 10.1. The highest BCUT2D eigenvalue weighted by molar-refractivity contribution is 7.98. The van der Waals surface area contributed by atoms with E-state index in [1.54, 1.807) is 23.2 Å². The van der Waals surface area contributed by atoms with Gasteiger partial charge in [-0.2, -0.15) is 5.26 Å². The average molecular weight is 221 g/mol. The second kappa shape index (κ2) is 3.52. The van der Waals surface area contributed by atoms with Crippen molar-refractivity contribution in [3.05, 3.63) is 23.1 Å². The molecule has 70 valence electrons. The lowest BCUT2D eigenvalue weighted by molar-refractivity contribution is 0.483. The van der Waals surface area contributed by atoms with Crippen LogP contribution < -0.4 is 0 Å². The van der Waals surface area contributed by atoms with Crippen molar-refractivity contribution >= 4 is 33.2 Å². The zero-order valence-electron chi connectivity index (χ0n) is 7.44. The van der Waals surface area contributed by atoms with Crippen LogP contribution in [0.5, 0.6) is 5.75 Å². The summed E-state index contributed by atoms with van der Waals surface area (Å²) in [5.41, 5.74) is 0.547. The first kappa shape index (κ1) is 9.38. The van der Waals surface area contributed by atoms with Gasteiger partial charge in [0.1, 0.15) is 5.75 Å². The SMILES string of the molecule is CSc1cc(C#N)c2c(O)csc2c1. The van der Waals surface area contributed by atoms with Gasteiger partial charge in [-0.1, -0.05) is 0 Å². The van der Waals surface area contributed by atoms with Crippen LogP contribution in [0.4, 0.5) is 0 Å². The molecule has 0 bridgehead atoms. The maximum Gasteiger partial charge on any atom is 0.135 e. The van der Waals surface area contributed by atoms with Crippen molar-refractivity contribution in [3.8, 4) is 11.8 Å². The summed E-state index contributed by atoms with van der Waals surface area (Å²) in [6.07, 6.45) is 1.97. The molecular formula is C10H7NOS2. The van der Waals surface area contributed by atoms with E-state index in [0.29, 0.717) is 10.9 Å². The minimum Gasteiger partial charge on any atom is -0.506 e. The predicted octanol–water partition coefficient (Wildman–Crippen LogP) is 3.20. The van der Waals surface area contributed by atoms with Crippen LogP contribution in [-0.4, -0.2) is 11.4 Å². The lowest BCUT2D eigenvalue weighted by Crippen LogP contribution is -1.78.